The smallest absolute Gasteiger partial charge is 0.286 e. The molecule has 0 bridgehead atoms. The van der Waals surface area contributed by atoms with Gasteiger partial charge in [-0.25, -0.2) is 0 Å². The maximum atomic E-state index is 12.0. The van der Waals surface area contributed by atoms with Gasteiger partial charge in [-0.05, 0) is 49.1 Å². The summed E-state index contributed by atoms with van der Waals surface area (Å²) in [5, 5.41) is 12.2. The van der Waals surface area contributed by atoms with Gasteiger partial charge in [0.05, 0.1) is 5.69 Å². The number of thioether (sulfide) groups is 1. The number of carbonyl (C=O) groups excluding carboxylic acids is 2. The van der Waals surface area contributed by atoms with Crippen molar-refractivity contribution >= 4 is 33.7 Å². The first-order valence-electron chi connectivity index (χ1n) is 9.14. The number of ether oxygens (including phenoxy) is 1. The van der Waals surface area contributed by atoms with Gasteiger partial charge in [-0.2, -0.15) is 5.10 Å². The molecule has 1 aliphatic carbocycles. The van der Waals surface area contributed by atoms with Gasteiger partial charge < -0.3 is 4.74 Å². The van der Waals surface area contributed by atoms with E-state index in [4.69, 9.17) is 4.74 Å². The summed E-state index contributed by atoms with van der Waals surface area (Å²) in [5.41, 5.74) is 3.14. The van der Waals surface area contributed by atoms with E-state index in [-0.39, 0.29) is 22.3 Å². The van der Waals surface area contributed by atoms with Crippen LogP contribution in [0.3, 0.4) is 0 Å². The predicted molar refractivity (Wildman–Crippen MR) is 107 cm³/mol. The molecule has 0 spiro atoms. The third kappa shape index (κ3) is 2.82. The van der Waals surface area contributed by atoms with Crippen molar-refractivity contribution in [3.63, 3.8) is 0 Å². The summed E-state index contributed by atoms with van der Waals surface area (Å²) in [6.45, 7) is 1.93. The third-order valence-electron chi connectivity index (χ3n) is 5.37. The predicted octanol–water partition coefficient (Wildman–Crippen LogP) is 4.11. The fraction of sp³-hybridized carbons (Fsp3) is 0.238. The summed E-state index contributed by atoms with van der Waals surface area (Å²) >= 11 is 1.09. The van der Waals surface area contributed by atoms with E-state index >= 15 is 0 Å². The van der Waals surface area contributed by atoms with Gasteiger partial charge >= 0.3 is 0 Å². The molecule has 140 valence electrons. The second-order valence-corrected chi connectivity index (χ2v) is 8.17. The first-order valence-corrected chi connectivity index (χ1v) is 10.0. The minimum absolute atomic E-state index is 0.0560. The minimum atomic E-state index is -0.340. The van der Waals surface area contributed by atoms with Crippen LogP contribution in [-0.2, 0) is 11.2 Å². The second kappa shape index (κ2) is 6.60. The van der Waals surface area contributed by atoms with E-state index in [1.165, 1.54) is 0 Å². The number of nitrogens with one attached hydrogen (secondary N) is 1. The number of aromatic nitrogens is 2. The van der Waals surface area contributed by atoms with Crippen molar-refractivity contribution in [2.75, 3.05) is 0 Å². The molecular formula is C21H17N3O3S. The van der Waals surface area contributed by atoms with Gasteiger partial charge in [0, 0.05) is 16.7 Å². The van der Waals surface area contributed by atoms with E-state index in [1.807, 2.05) is 49.4 Å². The van der Waals surface area contributed by atoms with Crippen molar-refractivity contribution in [2.24, 2.45) is 0 Å². The number of carbonyl (C=O) groups is 2. The van der Waals surface area contributed by atoms with Gasteiger partial charge in [-0.15, -0.1) is 5.10 Å². The molecule has 3 aromatic rings. The number of aryl methyl sites for hydroxylation is 2. The van der Waals surface area contributed by atoms with Gasteiger partial charge in [-0.3, -0.25) is 14.9 Å². The van der Waals surface area contributed by atoms with Crippen molar-refractivity contribution < 1.29 is 14.3 Å². The van der Waals surface area contributed by atoms with Gasteiger partial charge in [0.1, 0.15) is 11.0 Å². The van der Waals surface area contributed by atoms with Crippen LogP contribution in [0.15, 0.2) is 42.5 Å². The molecule has 6 nitrogen and oxygen atoms in total. The van der Waals surface area contributed by atoms with Gasteiger partial charge in [0.25, 0.3) is 5.24 Å². The highest BCUT2D eigenvalue weighted by Crippen LogP contribution is 2.43. The highest BCUT2D eigenvalue weighted by atomic mass is 32.2. The Morgan fingerprint density at radius 2 is 1.93 bits per heavy atom. The standard InChI is InChI=1S/C21H17N3O3S/c1-11-14-4-2-3-5-17(14)20(24-23-11)27-13-7-9-15-12(10-13)6-8-16(15)18-19(25)22-21(26)28-18/h2-5,7,9-10,16,18H,6,8H2,1H3,(H,22,25,26)/t16-,18?/m1/s1. The molecule has 5 rings (SSSR count). The summed E-state index contributed by atoms with van der Waals surface area (Å²) in [5.74, 6) is 1.05. The van der Waals surface area contributed by atoms with Crippen LogP contribution in [0.25, 0.3) is 10.8 Å². The lowest BCUT2D eigenvalue weighted by molar-refractivity contribution is -0.119. The van der Waals surface area contributed by atoms with Gasteiger partial charge in [0.15, 0.2) is 0 Å². The highest BCUT2D eigenvalue weighted by molar-refractivity contribution is 8.15. The summed E-state index contributed by atoms with van der Waals surface area (Å²) in [4.78, 5) is 23.6. The maximum absolute atomic E-state index is 12.0. The fourth-order valence-corrected chi connectivity index (χ4v) is 5.04. The number of hydrogen-bond donors (Lipinski definition) is 1. The van der Waals surface area contributed by atoms with Crippen LogP contribution in [0.5, 0.6) is 11.6 Å². The van der Waals surface area contributed by atoms with Crippen LogP contribution in [0.2, 0.25) is 0 Å². The van der Waals surface area contributed by atoms with E-state index in [1.54, 1.807) is 0 Å². The molecule has 1 unspecified atom stereocenters. The van der Waals surface area contributed by atoms with E-state index in [2.05, 4.69) is 15.5 Å². The van der Waals surface area contributed by atoms with E-state index in [9.17, 15) is 9.59 Å². The largest absolute Gasteiger partial charge is 0.437 e. The molecule has 2 heterocycles. The van der Waals surface area contributed by atoms with Crippen molar-refractivity contribution in [1.82, 2.24) is 15.5 Å². The zero-order chi connectivity index (χ0) is 19.3. The Bertz CT molecular complexity index is 1130. The number of hydrogen-bond acceptors (Lipinski definition) is 6. The first-order chi connectivity index (χ1) is 13.6. The van der Waals surface area contributed by atoms with Gasteiger partial charge in [-0.1, -0.05) is 36.0 Å². The van der Waals surface area contributed by atoms with Crippen molar-refractivity contribution in [3.8, 4) is 11.6 Å². The van der Waals surface area contributed by atoms with E-state index in [0.717, 1.165) is 52.2 Å². The Morgan fingerprint density at radius 3 is 2.71 bits per heavy atom. The summed E-state index contributed by atoms with van der Waals surface area (Å²) in [7, 11) is 0. The highest BCUT2D eigenvalue weighted by Gasteiger charge is 2.41. The SMILES string of the molecule is Cc1nnc(Oc2ccc3c(c2)CC[C@H]3C2SC(=O)NC2=O)c2ccccc12. The molecule has 28 heavy (non-hydrogen) atoms. The Labute approximate surface area is 165 Å². The molecule has 1 fully saturated rings. The van der Waals surface area contributed by atoms with Crippen LogP contribution in [0.1, 0.15) is 29.2 Å². The Balaban J connectivity index is 1.45. The number of benzene rings is 2. The van der Waals surface area contributed by atoms with Crippen LogP contribution in [0.4, 0.5) is 4.79 Å². The number of rotatable bonds is 3. The maximum Gasteiger partial charge on any atom is 0.286 e. The Hall–Kier alpha value is -2.93. The van der Waals surface area contributed by atoms with Crippen molar-refractivity contribution in [2.45, 2.75) is 30.9 Å². The van der Waals surface area contributed by atoms with Crippen LogP contribution in [0, 0.1) is 6.92 Å². The van der Waals surface area contributed by atoms with Crippen molar-refractivity contribution in [1.29, 1.82) is 0 Å². The average Bonchev–Trinajstić information content (AvgIpc) is 3.26. The number of amides is 2. The topological polar surface area (TPSA) is 81.2 Å². The summed E-state index contributed by atoms with van der Waals surface area (Å²) in [6, 6.07) is 13.8. The molecule has 7 heteroatoms. The zero-order valence-electron chi connectivity index (χ0n) is 15.1. The molecule has 1 aromatic heterocycles. The molecule has 2 amide bonds. The van der Waals surface area contributed by atoms with Crippen LogP contribution in [-0.4, -0.2) is 26.6 Å². The molecule has 0 radical (unpaired) electrons. The molecule has 1 saturated heterocycles. The normalized spacial score (nSPS) is 21.0. The summed E-state index contributed by atoms with van der Waals surface area (Å²) < 4.78 is 6.06. The number of nitrogens with zero attached hydrogens (tertiary/aromatic N) is 2. The molecular weight excluding hydrogens is 374 g/mol. The van der Waals surface area contributed by atoms with Crippen molar-refractivity contribution in [3.05, 3.63) is 59.3 Å². The first kappa shape index (κ1) is 17.2. The molecule has 0 saturated carbocycles. The molecule has 2 aromatic carbocycles. The molecule has 1 N–H and O–H groups in total. The Kier molecular flexibility index (Phi) is 4.05. The monoisotopic (exact) mass is 391 g/mol. The number of fused-ring (bicyclic) bond motifs is 2. The van der Waals surface area contributed by atoms with Gasteiger partial charge in [0.2, 0.25) is 11.8 Å². The average molecular weight is 391 g/mol. The van der Waals surface area contributed by atoms with E-state index in [0.29, 0.717) is 11.6 Å². The van der Waals surface area contributed by atoms with Crippen LogP contribution < -0.4 is 10.1 Å². The quantitative estimate of drug-likeness (QED) is 0.724. The molecule has 2 atom stereocenters. The second-order valence-electron chi connectivity index (χ2n) is 7.06. The third-order valence-corrected chi connectivity index (χ3v) is 6.49. The molecule has 1 aliphatic heterocycles. The molecule has 2 aliphatic rings. The van der Waals surface area contributed by atoms with Crippen LogP contribution >= 0.6 is 11.8 Å². The number of imide groups is 1. The Morgan fingerprint density at radius 1 is 1.11 bits per heavy atom. The lowest BCUT2D eigenvalue weighted by atomic mass is 9.97. The lowest BCUT2D eigenvalue weighted by Crippen LogP contribution is -2.27. The fourth-order valence-electron chi connectivity index (χ4n) is 4.04. The van der Waals surface area contributed by atoms with E-state index < -0.39 is 0 Å². The minimum Gasteiger partial charge on any atom is -0.437 e. The lowest BCUT2D eigenvalue weighted by Gasteiger charge is -2.16. The zero-order valence-corrected chi connectivity index (χ0v) is 16.0. The summed E-state index contributed by atoms with van der Waals surface area (Å²) in [6.07, 6.45) is 1.71.